The molecule has 3 heteroatoms. The number of allylic oxidation sites excluding steroid dienone is 2. The highest BCUT2D eigenvalue weighted by atomic mass is 16.5. The summed E-state index contributed by atoms with van der Waals surface area (Å²) in [5, 5.41) is 0. The molecule has 2 aromatic rings. The molecule has 3 rings (SSSR count). The summed E-state index contributed by atoms with van der Waals surface area (Å²) in [6.07, 6.45) is 2.16. The highest BCUT2D eigenvalue weighted by molar-refractivity contribution is 6.09. The Morgan fingerprint density at radius 1 is 1.00 bits per heavy atom. The van der Waals surface area contributed by atoms with E-state index in [1.165, 1.54) is 5.57 Å². The molecule has 27 heavy (non-hydrogen) atoms. The Balaban J connectivity index is 1.65. The summed E-state index contributed by atoms with van der Waals surface area (Å²) in [5.74, 6) is -0.0551. The second-order valence-corrected chi connectivity index (χ2v) is 8.07. The summed E-state index contributed by atoms with van der Waals surface area (Å²) in [6.45, 7) is 8.48. The third-order valence-electron chi connectivity index (χ3n) is 5.28. The number of carbonyl (C=O) groups is 2. The van der Waals surface area contributed by atoms with Gasteiger partial charge in [0.1, 0.15) is 6.61 Å². The van der Waals surface area contributed by atoms with E-state index in [2.05, 4.69) is 19.9 Å². The average molecular weight is 362 g/mol. The van der Waals surface area contributed by atoms with E-state index in [0.717, 1.165) is 5.56 Å². The zero-order chi connectivity index (χ0) is 19.6. The normalized spacial score (nSPS) is 19.9. The van der Waals surface area contributed by atoms with E-state index >= 15 is 0 Å². The van der Waals surface area contributed by atoms with Crippen LogP contribution >= 0.6 is 0 Å². The first-order valence-electron chi connectivity index (χ1n) is 9.31. The minimum atomic E-state index is -0.165. The van der Waals surface area contributed by atoms with Crippen molar-refractivity contribution in [1.82, 2.24) is 0 Å². The van der Waals surface area contributed by atoms with Crippen LogP contribution in [0.2, 0.25) is 0 Å². The molecule has 0 radical (unpaired) electrons. The van der Waals surface area contributed by atoms with Crippen LogP contribution in [0.4, 0.5) is 0 Å². The van der Waals surface area contributed by atoms with Crippen molar-refractivity contribution in [2.45, 2.75) is 34.3 Å². The zero-order valence-corrected chi connectivity index (χ0v) is 16.4. The number of carbonyl (C=O) groups excluding carboxylic acids is 2. The molecule has 3 nitrogen and oxygen atoms in total. The van der Waals surface area contributed by atoms with Crippen LogP contribution in [0.1, 0.15) is 49.2 Å². The number of esters is 1. The predicted molar refractivity (Wildman–Crippen MR) is 106 cm³/mol. The number of rotatable bonds is 6. The van der Waals surface area contributed by atoms with E-state index in [1.807, 2.05) is 44.2 Å². The molecule has 0 spiro atoms. The van der Waals surface area contributed by atoms with Gasteiger partial charge in [0.2, 0.25) is 0 Å². The molecule has 0 aliphatic heterocycles. The van der Waals surface area contributed by atoms with Crippen molar-refractivity contribution in [3.8, 4) is 0 Å². The fraction of sp³-hybridized carbons (Fsp3) is 0.333. The Morgan fingerprint density at radius 3 is 2.33 bits per heavy atom. The predicted octanol–water partition coefficient (Wildman–Crippen LogP) is 5.20. The van der Waals surface area contributed by atoms with Crippen LogP contribution < -0.4 is 0 Å². The molecule has 1 aliphatic rings. The Labute approximate surface area is 161 Å². The molecule has 2 atom stereocenters. The van der Waals surface area contributed by atoms with Gasteiger partial charge in [0.15, 0.2) is 5.78 Å². The van der Waals surface area contributed by atoms with Crippen LogP contribution in [0, 0.1) is 17.3 Å². The van der Waals surface area contributed by atoms with E-state index in [9.17, 15) is 9.59 Å². The van der Waals surface area contributed by atoms with Gasteiger partial charge in [-0.3, -0.25) is 9.59 Å². The zero-order valence-electron chi connectivity index (χ0n) is 16.4. The molecule has 0 amide bonds. The molecule has 1 saturated carbocycles. The molecule has 0 bridgehead atoms. The molecular formula is C24H26O3. The fourth-order valence-corrected chi connectivity index (χ4v) is 3.60. The molecule has 0 heterocycles. The molecular weight excluding hydrogens is 336 g/mol. The molecule has 1 fully saturated rings. The summed E-state index contributed by atoms with van der Waals surface area (Å²) in [6, 6.07) is 16.5. The van der Waals surface area contributed by atoms with E-state index in [1.54, 1.807) is 24.3 Å². The lowest BCUT2D eigenvalue weighted by Gasteiger charge is -2.08. The molecule has 2 aromatic carbocycles. The van der Waals surface area contributed by atoms with Gasteiger partial charge in [-0.1, -0.05) is 74.0 Å². The SMILES string of the molecule is CC(C)=C[C@@H]1[C@@H](C(=O)OCc2cccc(C(=O)c3ccccc3)c2)C1(C)C. The minimum Gasteiger partial charge on any atom is -0.461 e. The van der Waals surface area contributed by atoms with Gasteiger partial charge in [0.25, 0.3) is 0 Å². The molecule has 0 saturated heterocycles. The van der Waals surface area contributed by atoms with Gasteiger partial charge in [0, 0.05) is 11.1 Å². The highest BCUT2D eigenvalue weighted by Crippen LogP contribution is 2.59. The Hall–Kier alpha value is -2.68. The van der Waals surface area contributed by atoms with Gasteiger partial charge in [-0.2, -0.15) is 0 Å². The largest absolute Gasteiger partial charge is 0.461 e. The van der Waals surface area contributed by atoms with Gasteiger partial charge in [0.05, 0.1) is 5.92 Å². The molecule has 0 N–H and O–H groups in total. The van der Waals surface area contributed by atoms with Crippen LogP contribution in [0.15, 0.2) is 66.2 Å². The maximum absolute atomic E-state index is 12.6. The van der Waals surface area contributed by atoms with Crippen LogP contribution in [0.3, 0.4) is 0 Å². The summed E-state index contributed by atoms with van der Waals surface area (Å²) < 4.78 is 5.56. The quantitative estimate of drug-likeness (QED) is 0.403. The highest BCUT2D eigenvalue weighted by Gasteiger charge is 2.61. The second kappa shape index (κ2) is 7.51. The Morgan fingerprint density at radius 2 is 1.67 bits per heavy atom. The van der Waals surface area contributed by atoms with Crippen LogP contribution in [0.25, 0.3) is 0 Å². The standard InChI is InChI=1S/C24H26O3/c1-16(2)13-20-21(24(20,3)4)23(26)27-15-17-9-8-12-19(14-17)22(25)18-10-6-5-7-11-18/h5-14,20-21H,15H2,1-4H3/t20-,21+/m1/s1. The maximum atomic E-state index is 12.6. The first kappa shape index (κ1) is 19.1. The summed E-state index contributed by atoms with van der Waals surface area (Å²) in [4.78, 5) is 25.1. The molecule has 0 aromatic heterocycles. The molecule has 140 valence electrons. The van der Waals surface area contributed by atoms with Crippen LogP contribution in [-0.4, -0.2) is 11.8 Å². The van der Waals surface area contributed by atoms with E-state index in [4.69, 9.17) is 4.74 Å². The van der Waals surface area contributed by atoms with Crippen molar-refractivity contribution < 1.29 is 14.3 Å². The lowest BCUT2D eigenvalue weighted by atomic mass is 10.0. The van der Waals surface area contributed by atoms with E-state index in [0.29, 0.717) is 11.1 Å². The lowest BCUT2D eigenvalue weighted by Crippen LogP contribution is -2.11. The third-order valence-corrected chi connectivity index (χ3v) is 5.28. The lowest BCUT2D eigenvalue weighted by molar-refractivity contribution is -0.147. The number of hydrogen-bond donors (Lipinski definition) is 0. The van der Waals surface area contributed by atoms with Crippen molar-refractivity contribution in [3.63, 3.8) is 0 Å². The Bertz CT molecular complexity index is 874. The van der Waals surface area contributed by atoms with Crippen LogP contribution in [-0.2, 0) is 16.1 Å². The molecule has 1 aliphatic carbocycles. The number of hydrogen-bond acceptors (Lipinski definition) is 3. The summed E-state index contributed by atoms with van der Waals surface area (Å²) >= 11 is 0. The van der Waals surface area contributed by atoms with Crippen LogP contribution in [0.5, 0.6) is 0 Å². The van der Waals surface area contributed by atoms with Crippen molar-refractivity contribution in [3.05, 3.63) is 82.9 Å². The minimum absolute atomic E-state index is 0.0317. The first-order chi connectivity index (χ1) is 12.8. The van der Waals surface area contributed by atoms with Gasteiger partial charge in [-0.05, 0) is 36.8 Å². The van der Waals surface area contributed by atoms with Gasteiger partial charge >= 0.3 is 5.97 Å². The van der Waals surface area contributed by atoms with Crippen molar-refractivity contribution in [2.75, 3.05) is 0 Å². The first-order valence-corrected chi connectivity index (χ1v) is 9.31. The van der Waals surface area contributed by atoms with Gasteiger partial charge in [-0.15, -0.1) is 0 Å². The monoisotopic (exact) mass is 362 g/mol. The number of ketones is 1. The maximum Gasteiger partial charge on any atom is 0.310 e. The van der Waals surface area contributed by atoms with Crippen molar-refractivity contribution in [2.24, 2.45) is 17.3 Å². The smallest absolute Gasteiger partial charge is 0.310 e. The number of benzene rings is 2. The van der Waals surface area contributed by atoms with Crippen molar-refractivity contribution in [1.29, 1.82) is 0 Å². The topological polar surface area (TPSA) is 43.4 Å². The van der Waals surface area contributed by atoms with E-state index < -0.39 is 0 Å². The second-order valence-electron chi connectivity index (χ2n) is 8.07. The van der Waals surface area contributed by atoms with Gasteiger partial charge in [-0.25, -0.2) is 0 Å². The third kappa shape index (κ3) is 4.19. The molecule has 0 unspecified atom stereocenters. The Kier molecular flexibility index (Phi) is 5.31. The van der Waals surface area contributed by atoms with E-state index in [-0.39, 0.29) is 35.6 Å². The fourth-order valence-electron chi connectivity index (χ4n) is 3.60. The average Bonchev–Trinajstić information content (AvgIpc) is 3.19. The van der Waals surface area contributed by atoms with Gasteiger partial charge < -0.3 is 4.74 Å². The summed E-state index contributed by atoms with van der Waals surface area (Å²) in [5.41, 5.74) is 3.23. The summed E-state index contributed by atoms with van der Waals surface area (Å²) in [7, 11) is 0. The number of ether oxygens (including phenoxy) is 1. The van der Waals surface area contributed by atoms with Crippen molar-refractivity contribution >= 4 is 11.8 Å².